The van der Waals surface area contributed by atoms with E-state index in [2.05, 4.69) is 28.3 Å². The molecule has 3 rings (SSSR count). The Labute approximate surface area is 218 Å². The molecule has 0 spiro atoms. The molecule has 1 heterocycles. The zero-order valence-electron chi connectivity index (χ0n) is 19.4. The molecule has 1 aliphatic rings. The number of hydrogen-bond donors (Lipinski definition) is 1. The molecular weight excluding hydrogens is 536 g/mol. The van der Waals surface area contributed by atoms with Crippen molar-refractivity contribution in [3.63, 3.8) is 0 Å². The number of carbonyl (C=O) groups excluding carboxylic acids is 2. The minimum Gasteiger partial charge on any atom is -0.493 e. The van der Waals surface area contributed by atoms with Gasteiger partial charge in [0.25, 0.3) is 11.8 Å². The van der Waals surface area contributed by atoms with Crippen LogP contribution in [0.2, 0.25) is 0 Å². The van der Waals surface area contributed by atoms with E-state index in [9.17, 15) is 9.59 Å². The molecule has 0 unspecified atom stereocenters. The summed E-state index contributed by atoms with van der Waals surface area (Å²) in [5.41, 5.74) is 4.66. The van der Waals surface area contributed by atoms with Gasteiger partial charge in [-0.1, -0.05) is 56.1 Å². The number of nitrogens with one attached hydrogen (secondary N) is 1. The number of amides is 2. The van der Waals surface area contributed by atoms with Gasteiger partial charge in [-0.2, -0.15) is 5.01 Å². The van der Waals surface area contributed by atoms with Gasteiger partial charge in [-0.25, -0.2) is 0 Å². The van der Waals surface area contributed by atoms with Gasteiger partial charge < -0.3 is 9.47 Å². The molecule has 6 nitrogen and oxygen atoms in total. The summed E-state index contributed by atoms with van der Waals surface area (Å²) < 4.78 is 12.5. The number of carbonyl (C=O) groups is 2. The van der Waals surface area contributed by atoms with E-state index >= 15 is 0 Å². The first kappa shape index (κ1) is 26.2. The number of thioether (sulfide) groups is 1. The minimum atomic E-state index is -0.388. The standard InChI is InChI=1S/C25H27BrN2O4S2/c1-4-5-6-9-12-32-22-19(26)13-17(14-20(22)31-3)15-21-24(30)28(25(33)34-21)27-23(29)18-11-8-7-10-16(18)2/h7-8,10-11,13-15H,4-6,9,12H2,1-3H3,(H,27,29)/b21-15-. The predicted molar refractivity (Wildman–Crippen MR) is 144 cm³/mol. The highest BCUT2D eigenvalue weighted by molar-refractivity contribution is 9.10. The van der Waals surface area contributed by atoms with Gasteiger partial charge in [0, 0.05) is 5.56 Å². The highest BCUT2D eigenvalue weighted by Crippen LogP contribution is 2.39. The number of aryl methyl sites for hydroxylation is 1. The number of unbranched alkanes of at least 4 members (excludes halogenated alkanes) is 3. The second kappa shape index (κ2) is 12.4. The van der Waals surface area contributed by atoms with Gasteiger partial charge >= 0.3 is 0 Å². The lowest BCUT2D eigenvalue weighted by Crippen LogP contribution is -2.45. The number of thiocarbonyl (C=S) groups is 1. The Bertz CT molecular complexity index is 1120. The Morgan fingerprint density at radius 2 is 2.00 bits per heavy atom. The van der Waals surface area contributed by atoms with Crippen LogP contribution in [0.5, 0.6) is 11.5 Å². The lowest BCUT2D eigenvalue weighted by Gasteiger charge is -2.16. The molecule has 180 valence electrons. The van der Waals surface area contributed by atoms with E-state index in [1.165, 1.54) is 12.8 Å². The van der Waals surface area contributed by atoms with Crippen LogP contribution in [0.25, 0.3) is 6.08 Å². The van der Waals surface area contributed by atoms with Crippen LogP contribution in [-0.4, -0.2) is 34.9 Å². The van der Waals surface area contributed by atoms with Crippen molar-refractivity contribution in [3.05, 3.63) is 62.5 Å². The van der Waals surface area contributed by atoms with Crippen molar-refractivity contribution in [1.29, 1.82) is 0 Å². The van der Waals surface area contributed by atoms with Crippen molar-refractivity contribution in [2.75, 3.05) is 13.7 Å². The molecule has 0 bridgehead atoms. The second-order valence-electron chi connectivity index (χ2n) is 7.72. The largest absolute Gasteiger partial charge is 0.493 e. The normalized spacial score (nSPS) is 14.6. The fourth-order valence-corrected chi connectivity index (χ4v) is 5.12. The molecule has 34 heavy (non-hydrogen) atoms. The monoisotopic (exact) mass is 562 g/mol. The van der Waals surface area contributed by atoms with Gasteiger partial charge in [-0.05, 0) is 76.9 Å². The van der Waals surface area contributed by atoms with Crippen LogP contribution in [0.4, 0.5) is 0 Å². The molecule has 2 aromatic rings. The summed E-state index contributed by atoms with van der Waals surface area (Å²) in [6.07, 6.45) is 6.17. The maximum absolute atomic E-state index is 13.0. The fourth-order valence-electron chi connectivity index (χ4n) is 3.37. The second-order valence-corrected chi connectivity index (χ2v) is 10.2. The Morgan fingerprint density at radius 1 is 1.24 bits per heavy atom. The van der Waals surface area contributed by atoms with E-state index in [-0.39, 0.29) is 16.1 Å². The van der Waals surface area contributed by atoms with E-state index < -0.39 is 0 Å². The van der Waals surface area contributed by atoms with Crippen LogP contribution in [-0.2, 0) is 4.79 Å². The van der Waals surface area contributed by atoms with Gasteiger partial charge in [0.15, 0.2) is 15.8 Å². The molecule has 1 saturated heterocycles. The van der Waals surface area contributed by atoms with Gasteiger partial charge in [0.2, 0.25) is 0 Å². The van der Waals surface area contributed by atoms with Gasteiger partial charge in [-0.3, -0.25) is 15.0 Å². The first-order valence-corrected chi connectivity index (χ1v) is 13.0. The maximum Gasteiger partial charge on any atom is 0.285 e. The summed E-state index contributed by atoms with van der Waals surface area (Å²) in [5.74, 6) is 0.428. The third-order valence-electron chi connectivity index (χ3n) is 5.19. The van der Waals surface area contributed by atoms with E-state index in [0.29, 0.717) is 28.6 Å². The lowest BCUT2D eigenvalue weighted by molar-refractivity contribution is -0.123. The van der Waals surface area contributed by atoms with E-state index in [1.807, 2.05) is 31.2 Å². The SMILES string of the molecule is CCCCCCOc1c(Br)cc(/C=C2\SC(=S)N(NC(=O)c3ccccc3C)C2=O)cc1OC. The van der Waals surface area contributed by atoms with E-state index in [0.717, 1.165) is 45.2 Å². The molecule has 1 aliphatic heterocycles. The molecule has 0 aromatic heterocycles. The topological polar surface area (TPSA) is 67.9 Å². The third kappa shape index (κ3) is 6.40. The molecular formula is C25H27BrN2O4S2. The molecule has 9 heteroatoms. The molecule has 2 amide bonds. The Kier molecular flexibility index (Phi) is 9.55. The zero-order chi connectivity index (χ0) is 24.7. The number of benzene rings is 2. The van der Waals surface area contributed by atoms with Gasteiger partial charge in [-0.15, -0.1) is 0 Å². The quantitative estimate of drug-likeness (QED) is 0.209. The summed E-state index contributed by atoms with van der Waals surface area (Å²) in [4.78, 5) is 26.0. The minimum absolute atomic E-state index is 0.260. The van der Waals surface area contributed by atoms with Crippen LogP contribution in [0.15, 0.2) is 45.8 Å². The molecule has 0 aliphatic carbocycles. The summed E-state index contributed by atoms with van der Waals surface area (Å²) in [6.45, 7) is 4.61. The number of nitrogens with zero attached hydrogens (tertiary/aromatic N) is 1. The molecule has 0 radical (unpaired) electrons. The summed E-state index contributed by atoms with van der Waals surface area (Å²) in [7, 11) is 1.58. The summed E-state index contributed by atoms with van der Waals surface area (Å²) >= 11 is 10.0. The zero-order valence-corrected chi connectivity index (χ0v) is 22.6. The highest BCUT2D eigenvalue weighted by atomic mass is 79.9. The van der Waals surface area contributed by atoms with Crippen molar-refractivity contribution >= 4 is 62.1 Å². The number of rotatable bonds is 10. The van der Waals surface area contributed by atoms with Crippen LogP contribution in [0, 0.1) is 6.92 Å². The maximum atomic E-state index is 13.0. The van der Waals surface area contributed by atoms with Crippen LogP contribution < -0.4 is 14.9 Å². The molecule has 0 saturated carbocycles. The molecule has 0 atom stereocenters. The van der Waals surface area contributed by atoms with Gasteiger partial charge in [0.05, 0.1) is 23.1 Å². The average molecular weight is 564 g/mol. The summed E-state index contributed by atoms with van der Waals surface area (Å²) in [5, 5.41) is 1.11. The fraction of sp³-hybridized carbons (Fsp3) is 0.320. The lowest BCUT2D eigenvalue weighted by atomic mass is 10.1. The first-order valence-electron chi connectivity index (χ1n) is 11.0. The van der Waals surface area contributed by atoms with Crippen molar-refractivity contribution in [1.82, 2.24) is 10.4 Å². The first-order chi connectivity index (χ1) is 16.3. The number of ether oxygens (including phenoxy) is 2. The van der Waals surface area contributed by atoms with E-state index in [4.69, 9.17) is 21.7 Å². The molecule has 1 fully saturated rings. The van der Waals surface area contributed by atoms with Crippen LogP contribution in [0.3, 0.4) is 0 Å². The smallest absolute Gasteiger partial charge is 0.285 e. The Balaban J connectivity index is 1.74. The van der Waals surface area contributed by atoms with Crippen molar-refractivity contribution in [2.45, 2.75) is 39.5 Å². The Hall–Kier alpha value is -2.36. The summed E-state index contributed by atoms with van der Waals surface area (Å²) in [6, 6.07) is 10.8. The predicted octanol–water partition coefficient (Wildman–Crippen LogP) is 6.27. The molecule has 2 aromatic carbocycles. The van der Waals surface area contributed by atoms with E-state index in [1.54, 1.807) is 25.3 Å². The van der Waals surface area contributed by atoms with Gasteiger partial charge in [0.1, 0.15) is 0 Å². The molecule has 1 N–H and O–H groups in total. The highest BCUT2D eigenvalue weighted by Gasteiger charge is 2.34. The van der Waals surface area contributed by atoms with Crippen molar-refractivity contribution in [2.24, 2.45) is 0 Å². The third-order valence-corrected chi connectivity index (χ3v) is 7.08. The number of methoxy groups -OCH3 is 1. The number of hydrogen-bond acceptors (Lipinski definition) is 6. The number of hydrazine groups is 1. The Morgan fingerprint density at radius 3 is 2.71 bits per heavy atom. The number of halogens is 1. The van der Waals surface area contributed by atoms with Crippen LogP contribution in [0.1, 0.15) is 54.1 Å². The van der Waals surface area contributed by atoms with Crippen molar-refractivity contribution < 1.29 is 19.1 Å². The van der Waals surface area contributed by atoms with Crippen molar-refractivity contribution in [3.8, 4) is 11.5 Å². The average Bonchev–Trinajstić information content (AvgIpc) is 3.07. The van der Waals surface area contributed by atoms with Crippen LogP contribution >= 0.6 is 39.9 Å².